The van der Waals surface area contributed by atoms with Crippen LogP contribution in [0.25, 0.3) is 0 Å². The topological polar surface area (TPSA) is 79.8 Å². The number of nitrogens with zero attached hydrogens (tertiary/aromatic N) is 1. The third-order valence-electron chi connectivity index (χ3n) is 3.07. The molecule has 6 nitrogen and oxygen atoms in total. The molecule has 2 N–H and O–H groups in total. The summed E-state index contributed by atoms with van der Waals surface area (Å²) < 4.78 is 6.77. The van der Waals surface area contributed by atoms with Crippen molar-refractivity contribution < 1.29 is 14.3 Å². The van der Waals surface area contributed by atoms with Crippen LogP contribution in [0.2, 0.25) is 0 Å². The minimum absolute atomic E-state index is 0.168. The smallest absolute Gasteiger partial charge is 0.271 e. The maximum Gasteiger partial charge on any atom is 0.271 e. The number of hydrazone groups is 1. The fourth-order valence-electron chi connectivity index (χ4n) is 1.99. The van der Waals surface area contributed by atoms with E-state index in [2.05, 4.69) is 47.7 Å². The number of hydrogen-bond acceptors (Lipinski definition) is 4. The Labute approximate surface area is 161 Å². The van der Waals surface area contributed by atoms with Gasteiger partial charge in [-0.05, 0) is 73.8 Å². The van der Waals surface area contributed by atoms with E-state index >= 15 is 0 Å². The molecule has 0 aliphatic heterocycles. The van der Waals surface area contributed by atoms with E-state index in [9.17, 15) is 9.59 Å². The zero-order valence-corrected chi connectivity index (χ0v) is 16.6. The summed E-state index contributed by atoms with van der Waals surface area (Å²) in [5.41, 5.74) is 4.29. The Bertz CT molecular complexity index is 797. The first kappa shape index (κ1) is 19.1. The number of ether oxygens (including phenoxy) is 1. The highest BCUT2D eigenvalue weighted by molar-refractivity contribution is 9.11. The van der Waals surface area contributed by atoms with E-state index in [4.69, 9.17) is 4.74 Å². The Morgan fingerprint density at radius 3 is 2.24 bits per heavy atom. The van der Waals surface area contributed by atoms with E-state index in [0.29, 0.717) is 17.0 Å². The lowest BCUT2D eigenvalue weighted by molar-refractivity contribution is -0.114. The van der Waals surface area contributed by atoms with Gasteiger partial charge in [0, 0.05) is 18.2 Å². The second kappa shape index (κ2) is 8.77. The van der Waals surface area contributed by atoms with Crippen molar-refractivity contribution >= 4 is 55.6 Å². The quantitative estimate of drug-likeness (QED) is 0.515. The molecule has 0 aliphatic carbocycles. The van der Waals surface area contributed by atoms with Crippen LogP contribution in [0.1, 0.15) is 22.8 Å². The molecule has 130 valence electrons. The molecule has 0 aromatic heterocycles. The Kier molecular flexibility index (Phi) is 6.72. The normalized spacial score (nSPS) is 10.6. The first-order valence-electron chi connectivity index (χ1n) is 7.15. The summed E-state index contributed by atoms with van der Waals surface area (Å²) >= 11 is 6.81. The highest BCUT2D eigenvalue weighted by atomic mass is 79.9. The molecule has 2 rings (SSSR count). The molecule has 0 atom stereocenters. The van der Waals surface area contributed by atoms with Crippen molar-refractivity contribution in [3.8, 4) is 5.75 Å². The fraction of sp³-hybridized carbons (Fsp3) is 0.118. The van der Waals surface area contributed by atoms with Gasteiger partial charge in [0.1, 0.15) is 5.75 Å². The molecule has 0 saturated heterocycles. The maximum absolute atomic E-state index is 12.1. The summed E-state index contributed by atoms with van der Waals surface area (Å²) in [5.74, 6) is 0.163. The van der Waals surface area contributed by atoms with Crippen molar-refractivity contribution in [3.05, 3.63) is 56.5 Å². The lowest BCUT2D eigenvalue weighted by Gasteiger charge is -2.07. The molecule has 0 heterocycles. The van der Waals surface area contributed by atoms with Gasteiger partial charge in [-0.3, -0.25) is 9.59 Å². The Hall–Kier alpha value is -2.19. The number of amides is 2. The van der Waals surface area contributed by atoms with Crippen LogP contribution < -0.4 is 15.5 Å². The monoisotopic (exact) mass is 467 g/mol. The molecule has 0 spiro atoms. The molecule has 0 fully saturated rings. The van der Waals surface area contributed by atoms with E-state index in [-0.39, 0.29) is 11.8 Å². The minimum atomic E-state index is -0.350. The van der Waals surface area contributed by atoms with Crippen molar-refractivity contribution in [2.75, 3.05) is 12.4 Å². The number of halogens is 2. The second-order valence-corrected chi connectivity index (χ2v) is 6.68. The third kappa shape index (κ3) is 5.40. The molecule has 0 bridgehead atoms. The number of anilines is 1. The van der Waals surface area contributed by atoms with Gasteiger partial charge in [0.15, 0.2) is 0 Å². The molecule has 0 saturated carbocycles. The number of benzene rings is 2. The van der Waals surface area contributed by atoms with Crippen molar-refractivity contribution in [3.63, 3.8) is 0 Å². The van der Waals surface area contributed by atoms with Gasteiger partial charge in [0.2, 0.25) is 5.91 Å². The highest BCUT2D eigenvalue weighted by Crippen LogP contribution is 2.33. The predicted molar refractivity (Wildman–Crippen MR) is 104 cm³/mol. The molecule has 0 aliphatic rings. The van der Waals surface area contributed by atoms with Gasteiger partial charge >= 0.3 is 0 Å². The molecular weight excluding hydrogens is 454 g/mol. The largest absolute Gasteiger partial charge is 0.494 e. The molecule has 0 unspecified atom stereocenters. The molecule has 2 amide bonds. The van der Waals surface area contributed by atoms with E-state index in [1.165, 1.54) is 13.1 Å². The summed E-state index contributed by atoms with van der Waals surface area (Å²) in [7, 11) is 1.58. The Balaban J connectivity index is 2.02. The van der Waals surface area contributed by atoms with Crippen LogP contribution in [0.5, 0.6) is 5.75 Å². The number of rotatable bonds is 5. The Morgan fingerprint density at radius 2 is 1.72 bits per heavy atom. The number of carbonyl (C=O) groups is 2. The van der Waals surface area contributed by atoms with Crippen LogP contribution in [-0.2, 0) is 4.79 Å². The van der Waals surface area contributed by atoms with Crippen molar-refractivity contribution in [2.45, 2.75) is 6.92 Å². The zero-order valence-electron chi connectivity index (χ0n) is 13.5. The standard InChI is InChI=1S/C17H15Br2N3O3/c1-10(23)21-13-5-3-12(4-6-13)17(24)22-20-9-11-7-14(18)16(25-2)15(19)8-11/h3-9H,1-2H3,(H,21,23)(H,22,24). The van der Waals surface area contributed by atoms with Crippen LogP contribution in [-0.4, -0.2) is 25.1 Å². The predicted octanol–water partition coefficient (Wildman–Crippen LogP) is 3.94. The summed E-state index contributed by atoms with van der Waals surface area (Å²) in [5, 5.41) is 6.59. The van der Waals surface area contributed by atoms with Crippen LogP contribution in [0.4, 0.5) is 5.69 Å². The van der Waals surface area contributed by atoms with Crippen molar-refractivity contribution in [1.82, 2.24) is 5.43 Å². The van der Waals surface area contributed by atoms with Gasteiger partial charge < -0.3 is 10.1 Å². The molecular formula is C17H15Br2N3O3. The average molecular weight is 469 g/mol. The maximum atomic E-state index is 12.1. The van der Waals surface area contributed by atoms with Gasteiger partial charge in [-0.2, -0.15) is 5.10 Å². The van der Waals surface area contributed by atoms with Gasteiger partial charge in [-0.15, -0.1) is 0 Å². The Morgan fingerprint density at radius 1 is 1.12 bits per heavy atom. The van der Waals surface area contributed by atoms with Crippen LogP contribution in [0, 0.1) is 0 Å². The van der Waals surface area contributed by atoms with E-state index in [1.54, 1.807) is 31.4 Å². The minimum Gasteiger partial charge on any atom is -0.494 e. The number of methoxy groups -OCH3 is 1. The van der Waals surface area contributed by atoms with Crippen molar-refractivity contribution in [1.29, 1.82) is 0 Å². The number of nitrogens with one attached hydrogen (secondary N) is 2. The molecule has 8 heteroatoms. The number of hydrogen-bond donors (Lipinski definition) is 2. The van der Waals surface area contributed by atoms with Gasteiger partial charge in [-0.25, -0.2) is 5.43 Å². The van der Waals surface area contributed by atoms with Crippen LogP contribution in [0.15, 0.2) is 50.4 Å². The summed E-state index contributed by atoms with van der Waals surface area (Å²) in [6, 6.07) is 10.2. The van der Waals surface area contributed by atoms with Crippen molar-refractivity contribution in [2.24, 2.45) is 5.10 Å². The summed E-state index contributed by atoms with van der Waals surface area (Å²) in [6.45, 7) is 1.42. The van der Waals surface area contributed by atoms with Gasteiger partial charge in [-0.1, -0.05) is 0 Å². The zero-order chi connectivity index (χ0) is 18.4. The van der Waals surface area contributed by atoms with Gasteiger partial charge in [0.05, 0.1) is 22.3 Å². The van der Waals surface area contributed by atoms with E-state index < -0.39 is 0 Å². The summed E-state index contributed by atoms with van der Waals surface area (Å²) in [6.07, 6.45) is 1.53. The molecule has 25 heavy (non-hydrogen) atoms. The number of carbonyl (C=O) groups excluding carboxylic acids is 2. The SMILES string of the molecule is COc1c(Br)cc(C=NNC(=O)c2ccc(NC(C)=O)cc2)cc1Br. The lowest BCUT2D eigenvalue weighted by Crippen LogP contribution is -2.17. The lowest BCUT2D eigenvalue weighted by atomic mass is 10.2. The van der Waals surface area contributed by atoms with E-state index in [1.807, 2.05) is 12.1 Å². The van der Waals surface area contributed by atoms with E-state index in [0.717, 1.165) is 14.5 Å². The summed E-state index contributed by atoms with van der Waals surface area (Å²) in [4.78, 5) is 23.0. The van der Waals surface area contributed by atoms with Crippen LogP contribution in [0.3, 0.4) is 0 Å². The first-order chi connectivity index (χ1) is 11.9. The van der Waals surface area contributed by atoms with Crippen LogP contribution >= 0.6 is 31.9 Å². The fourth-order valence-corrected chi connectivity index (χ4v) is 3.53. The molecule has 2 aromatic carbocycles. The molecule has 0 radical (unpaired) electrons. The van der Waals surface area contributed by atoms with Gasteiger partial charge in [0.25, 0.3) is 5.91 Å². The first-order valence-corrected chi connectivity index (χ1v) is 8.73. The average Bonchev–Trinajstić information content (AvgIpc) is 2.54. The highest BCUT2D eigenvalue weighted by Gasteiger charge is 2.07. The second-order valence-electron chi connectivity index (χ2n) is 4.98. The third-order valence-corrected chi connectivity index (χ3v) is 4.25. The molecule has 2 aromatic rings.